The molecule has 0 saturated heterocycles. The minimum absolute atomic E-state index is 0.0484. The molecule has 1 rings (SSSR count). The van der Waals surface area contributed by atoms with Crippen LogP contribution in [0.15, 0.2) is 12.5 Å². The fourth-order valence-electron chi connectivity index (χ4n) is 2.95. The molecule has 0 aliphatic rings. The number of carboxylic acids is 1. The van der Waals surface area contributed by atoms with Crippen LogP contribution in [-0.4, -0.2) is 63.4 Å². The van der Waals surface area contributed by atoms with E-state index in [0.29, 0.717) is 12.1 Å². The van der Waals surface area contributed by atoms with Crippen molar-refractivity contribution in [2.45, 2.75) is 65.1 Å². The van der Waals surface area contributed by atoms with E-state index in [4.69, 9.17) is 5.73 Å². The molecular formula is C20H34N6O5. The lowest BCUT2D eigenvalue weighted by atomic mass is 10.0. The van der Waals surface area contributed by atoms with E-state index in [2.05, 4.69) is 25.9 Å². The maximum absolute atomic E-state index is 12.7. The first kappa shape index (κ1) is 26.1. The van der Waals surface area contributed by atoms with Crippen molar-refractivity contribution in [2.75, 3.05) is 6.54 Å². The van der Waals surface area contributed by atoms with E-state index in [1.807, 2.05) is 27.7 Å². The first-order valence-corrected chi connectivity index (χ1v) is 10.3. The molecule has 0 aliphatic heterocycles. The summed E-state index contributed by atoms with van der Waals surface area (Å²) in [6, 6.07) is -2.87. The topological polar surface area (TPSA) is 179 Å². The van der Waals surface area contributed by atoms with Crippen molar-refractivity contribution in [1.29, 1.82) is 0 Å². The molecule has 11 nitrogen and oxygen atoms in total. The quantitative estimate of drug-likeness (QED) is 0.241. The molecule has 31 heavy (non-hydrogen) atoms. The Morgan fingerprint density at radius 3 is 2.19 bits per heavy atom. The fraction of sp³-hybridized carbons (Fsp3) is 0.650. The molecular weight excluding hydrogens is 404 g/mol. The Labute approximate surface area is 181 Å². The lowest BCUT2D eigenvalue weighted by Gasteiger charge is -2.22. The summed E-state index contributed by atoms with van der Waals surface area (Å²) < 4.78 is 0. The summed E-state index contributed by atoms with van der Waals surface area (Å²) in [5, 5.41) is 16.8. The van der Waals surface area contributed by atoms with Crippen molar-refractivity contribution in [1.82, 2.24) is 25.9 Å². The second kappa shape index (κ2) is 12.7. The van der Waals surface area contributed by atoms with Gasteiger partial charge >= 0.3 is 5.97 Å². The number of rotatable bonds is 13. The van der Waals surface area contributed by atoms with Gasteiger partial charge in [-0.1, -0.05) is 27.7 Å². The zero-order valence-electron chi connectivity index (χ0n) is 18.5. The Morgan fingerprint density at radius 2 is 1.68 bits per heavy atom. The van der Waals surface area contributed by atoms with Gasteiger partial charge in [0.05, 0.1) is 18.9 Å². The maximum Gasteiger partial charge on any atom is 0.326 e. The maximum atomic E-state index is 12.7. The van der Waals surface area contributed by atoms with Crippen molar-refractivity contribution in [3.8, 4) is 0 Å². The van der Waals surface area contributed by atoms with Gasteiger partial charge in [-0.3, -0.25) is 14.4 Å². The molecule has 3 unspecified atom stereocenters. The van der Waals surface area contributed by atoms with E-state index < -0.39 is 41.8 Å². The first-order chi connectivity index (χ1) is 14.5. The Morgan fingerprint density at radius 1 is 1.03 bits per heavy atom. The summed E-state index contributed by atoms with van der Waals surface area (Å²) in [7, 11) is 0. The van der Waals surface area contributed by atoms with Gasteiger partial charge < -0.3 is 31.8 Å². The number of carbonyl (C=O) groups excluding carboxylic acids is 3. The van der Waals surface area contributed by atoms with Gasteiger partial charge in [-0.2, -0.15) is 0 Å². The van der Waals surface area contributed by atoms with Crippen LogP contribution in [0.2, 0.25) is 0 Å². The van der Waals surface area contributed by atoms with E-state index in [-0.39, 0.29) is 31.2 Å². The molecule has 0 radical (unpaired) electrons. The number of imidazole rings is 1. The molecule has 0 bridgehead atoms. The summed E-state index contributed by atoms with van der Waals surface area (Å²) in [6.45, 7) is 7.20. The number of carbonyl (C=O) groups is 4. The van der Waals surface area contributed by atoms with Crippen molar-refractivity contribution < 1.29 is 24.3 Å². The van der Waals surface area contributed by atoms with Crippen LogP contribution in [0, 0.1) is 11.8 Å². The molecule has 1 aromatic heterocycles. The van der Waals surface area contributed by atoms with Gasteiger partial charge in [0, 0.05) is 18.3 Å². The van der Waals surface area contributed by atoms with Crippen LogP contribution >= 0.6 is 0 Å². The van der Waals surface area contributed by atoms with Gasteiger partial charge in [0.15, 0.2) is 0 Å². The number of nitrogens with two attached hydrogens (primary N) is 1. The van der Waals surface area contributed by atoms with Crippen molar-refractivity contribution in [3.05, 3.63) is 18.2 Å². The van der Waals surface area contributed by atoms with Crippen molar-refractivity contribution in [2.24, 2.45) is 17.6 Å². The number of hydrogen-bond donors (Lipinski definition) is 6. The smallest absolute Gasteiger partial charge is 0.326 e. The predicted octanol–water partition coefficient (Wildman–Crippen LogP) is -0.458. The Hall–Kier alpha value is -2.95. The number of hydrogen-bond acceptors (Lipinski definition) is 6. The highest BCUT2D eigenvalue weighted by atomic mass is 16.4. The second-order valence-corrected chi connectivity index (χ2v) is 8.38. The van der Waals surface area contributed by atoms with E-state index in [1.54, 1.807) is 0 Å². The average Bonchev–Trinajstić information content (AvgIpc) is 3.17. The number of nitrogens with zero attached hydrogens (tertiary/aromatic N) is 1. The number of H-pyrrole nitrogens is 1. The minimum Gasteiger partial charge on any atom is -0.480 e. The van der Waals surface area contributed by atoms with Gasteiger partial charge in [-0.15, -0.1) is 0 Å². The van der Waals surface area contributed by atoms with Gasteiger partial charge in [0.2, 0.25) is 17.7 Å². The van der Waals surface area contributed by atoms with Gasteiger partial charge in [0.25, 0.3) is 0 Å². The molecule has 0 spiro atoms. The van der Waals surface area contributed by atoms with E-state index >= 15 is 0 Å². The summed E-state index contributed by atoms with van der Waals surface area (Å²) >= 11 is 0. The normalized spacial score (nSPS) is 14.0. The van der Waals surface area contributed by atoms with Crippen LogP contribution < -0.4 is 21.7 Å². The van der Waals surface area contributed by atoms with Crippen molar-refractivity contribution >= 4 is 23.7 Å². The van der Waals surface area contributed by atoms with E-state index in [0.717, 1.165) is 0 Å². The van der Waals surface area contributed by atoms with Gasteiger partial charge in [-0.05, 0) is 24.7 Å². The van der Waals surface area contributed by atoms with Crippen LogP contribution in [-0.2, 0) is 25.6 Å². The third kappa shape index (κ3) is 10.1. The Bertz CT molecular complexity index is 734. The van der Waals surface area contributed by atoms with Crippen LogP contribution in [0.25, 0.3) is 0 Å². The van der Waals surface area contributed by atoms with Crippen LogP contribution in [0.1, 0.15) is 46.2 Å². The molecule has 3 atom stereocenters. The lowest BCUT2D eigenvalue weighted by molar-refractivity contribution is -0.142. The highest BCUT2D eigenvalue weighted by molar-refractivity contribution is 5.92. The molecule has 1 aromatic rings. The number of carboxylic acid groups (broad SMARTS) is 1. The molecule has 1 heterocycles. The highest BCUT2D eigenvalue weighted by Crippen LogP contribution is 2.07. The molecule has 11 heteroatoms. The number of aliphatic carboxylic acids is 1. The zero-order valence-corrected chi connectivity index (χ0v) is 18.5. The third-order valence-corrected chi connectivity index (χ3v) is 4.44. The summed E-state index contributed by atoms with van der Waals surface area (Å²) in [4.78, 5) is 55.3. The number of aromatic amines is 1. The van der Waals surface area contributed by atoms with Crippen LogP contribution in [0.4, 0.5) is 0 Å². The number of nitrogens with one attached hydrogen (secondary N) is 4. The van der Waals surface area contributed by atoms with Crippen LogP contribution in [0.3, 0.4) is 0 Å². The Balaban J connectivity index is 2.76. The monoisotopic (exact) mass is 438 g/mol. The SMILES string of the molecule is CC(C)CC(N)C(=O)NCC(=O)NC(Cc1cnc[nH]1)C(=O)NC(CC(C)C)C(=O)O. The largest absolute Gasteiger partial charge is 0.480 e. The van der Waals surface area contributed by atoms with Crippen molar-refractivity contribution in [3.63, 3.8) is 0 Å². The summed E-state index contributed by atoms with van der Waals surface area (Å²) in [5.41, 5.74) is 6.38. The summed E-state index contributed by atoms with van der Waals surface area (Å²) in [6.07, 6.45) is 3.73. The molecule has 0 aromatic carbocycles. The lowest BCUT2D eigenvalue weighted by Crippen LogP contribution is -2.54. The molecule has 3 amide bonds. The number of aromatic nitrogens is 2. The first-order valence-electron chi connectivity index (χ1n) is 10.3. The average molecular weight is 439 g/mol. The van der Waals surface area contributed by atoms with Gasteiger partial charge in [-0.25, -0.2) is 9.78 Å². The standard InChI is InChI=1S/C20H34N6O5/c1-11(2)5-14(21)18(28)23-9-17(27)25-15(7-13-8-22-10-24-13)19(29)26-16(20(30)31)6-12(3)4/h8,10-12,14-16H,5-7,9,21H2,1-4H3,(H,22,24)(H,23,28)(H,25,27)(H,26,29)(H,30,31). The van der Waals surface area contributed by atoms with Crippen LogP contribution in [0.5, 0.6) is 0 Å². The van der Waals surface area contributed by atoms with E-state index in [1.165, 1.54) is 12.5 Å². The molecule has 0 aliphatic carbocycles. The molecule has 174 valence electrons. The third-order valence-electron chi connectivity index (χ3n) is 4.44. The second-order valence-electron chi connectivity index (χ2n) is 8.38. The highest BCUT2D eigenvalue weighted by Gasteiger charge is 2.28. The Kier molecular flexibility index (Phi) is 10.7. The predicted molar refractivity (Wildman–Crippen MR) is 114 cm³/mol. The molecule has 7 N–H and O–H groups in total. The zero-order chi connectivity index (χ0) is 23.6. The molecule has 0 saturated carbocycles. The van der Waals surface area contributed by atoms with E-state index in [9.17, 15) is 24.3 Å². The summed E-state index contributed by atoms with van der Waals surface area (Å²) in [5.74, 6) is -2.57. The minimum atomic E-state index is -1.15. The molecule has 0 fully saturated rings. The number of amides is 3. The van der Waals surface area contributed by atoms with Gasteiger partial charge in [0.1, 0.15) is 12.1 Å². The fourth-order valence-corrected chi connectivity index (χ4v) is 2.95.